The van der Waals surface area contributed by atoms with Gasteiger partial charge in [-0.3, -0.25) is 5.10 Å². The Kier molecular flexibility index (Phi) is 4.08. The molecule has 1 saturated heterocycles. The van der Waals surface area contributed by atoms with Gasteiger partial charge >= 0.3 is 0 Å². The summed E-state index contributed by atoms with van der Waals surface area (Å²) in [7, 11) is 0. The molecule has 6 nitrogen and oxygen atoms in total. The lowest BCUT2D eigenvalue weighted by Gasteiger charge is -2.12. The van der Waals surface area contributed by atoms with Crippen LogP contribution in [0, 0.1) is 13.8 Å². The fourth-order valence-electron chi connectivity index (χ4n) is 3.35. The number of fused-ring (bicyclic) bond motifs is 1. The Hall–Kier alpha value is -2.18. The highest BCUT2D eigenvalue weighted by molar-refractivity contribution is 5.82. The van der Waals surface area contributed by atoms with Gasteiger partial charge in [0.2, 0.25) is 0 Å². The molecule has 0 spiro atoms. The summed E-state index contributed by atoms with van der Waals surface area (Å²) in [6, 6.07) is 8.16. The topological polar surface area (TPSA) is 76.0 Å². The highest BCUT2D eigenvalue weighted by atomic mass is 16.5. The molecule has 2 N–H and O–H groups in total. The molecule has 4 rings (SSSR count). The summed E-state index contributed by atoms with van der Waals surface area (Å²) in [5, 5.41) is 11.8. The molecule has 1 aromatic carbocycles. The summed E-state index contributed by atoms with van der Waals surface area (Å²) in [6.45, 7) is 5.53. The van der Waals surface area contributed by atoms with Crippen molar-refractivity contribution in [2.24, 2.45) is 0 Å². The first-order valence-electron chi connectivity index (χ1n) is 8.43. The third-order valence-corrected chi connectivity index (χ3v) is 4.58. The Morgan fingerprint density at radius 2 is 2.12 bits per heavy atom. The van der Waals surface area contributed by atoms with E-state index in [0.717, 1.165) is 48.9 Å². The predicted octanol–water partition coefficient (Wildman–Crippen LogP) is 3.18. The zero-order valence-corrected chi connectivity index (χ0v) is 14.0. The molecule has 1 aliphatic heterocycles. The van der Waals surface area contributed by atoms with E-state index < -0.39 is 0 Å². The van der Waals surface area contributed by atoms with E-state index in [9.17, 15) is 0 Å². The molecule has 0 bridgehead atoms. The molecule has 0 unspecified atom stereocenters. The van der Waals surface area contributed by atoms with Gasteiger partial charge in [-0.2, -0.15) is 5.10 Å². The van der Waals surface area contributed by atoms with Gasteiger partial charge in [0.25, 0.3) is 0 Å². The van der Waals surface area contributed by atoms with E-state index in [-0.39, 0.29) is 12.2 Å². The minimum absolute atomic E-state index is 0.0123. The molecular weight excluding hydrogens is 304 g/mol. The lowest BCUT2D eigenvalue weighted by atomic mass is 10.1. The van der Waals surface area contributed by atoms with Gasteiger partial charge in [0.15, 0.2) is 5.82 Å². The van der Waals surface area contributed by atoms with E-state index in [0.29, 0.717) is 0 Å². The van der Waals surface area contributed by atoms with E-state index in [2.05, 4.69) is 26.6 Å². The monoisotopic (exact) mass is 326 g/mol. The van der Waals surface area contributed by atoms with Crippen molar-refractivity contribution < 1.29 is 9.15 Å². The number of aryl methyl sites for hydroxylation is 2. The standard InChI is InChI=1S/C18H22N4O2/c1-11-15(14-5-3-4-6-16(14)23-11)10-19-9-13-7-8-17(24-13)18-20-12(2)21-22-18/h3-6,13,17,19H,7-10H2,1-2H3,(H,20,21,22)/t13-,17+/m1/s1. The molecule has 0 saturated carbocycles. The van der Waals surface area contributed by atoms with Gasteiger partial charge in [0.1, 0.15) is 23.3 Å². The van der Waals surface area contributed by atoms with Crippen LogP contribution in [0.5, 0.6) is 0 Å². The van der Waals surface area contributed by atoms with E-state index in [1.807, 2.05) is 32.0 Å². The van der Waals surface area contributed by atoms with Gasteiger partial charge in [-0.05, 0) is 32.8 Å². The Morgan fingerprint density at radius 3 is 2.96 bits per heavy atom. The summed E-state index contributed by atoms with van der Waals surface area (Å²) in [6.07, 6.45) is 2.21. The maximum atomic E-state index is 6.07. The quantitative estimate of drug-likeness (QED) is 0.753. The second kappa shape index (κ2) is 6.37. The number of benzene rings is 1. The van der Waals surface area contributed by atoms with Gasteiger partial charge in [-0.15, -0.1) is 0 Å². The number of rotatable bonds is 5. The number of hydrogen-bond acceptors (Lipinski definition) is 5. The molecule has 1 aliphatic rings. The van der Waals surface area contributed by atoms with Crippen LogP contribution in [0.15, 0.2) is 28.7 Å². The molecule has 3 heterocycles. The van der Waals surface area contributed by atoms with Crippen LogP contribution in [0.3, 0.4) is 0 Å². The van der Waals surface area contributed by atoms with E-state index >= 15 is 0 Å². The van der Waals surface area contributed by atoms with E-state index in [4.69, 9.17) is 9.15 Å². The lowest BCUT2D eigenvalue weighted by Crippen LogP contribution is -2.26. The first-order valence-corrected chi connectivity index (χ1v) is 8.43. The zero-order chi connectivity index (χ0) is 16.5. The largest absolute Gasteiger partial charge is 0.461 e. The molecule has 2 atom stereocenters. The van der Waals surface area contributed by atoms with Gasteiger partial charge in [-0.1, -0.05) is 18.2 Å². The molecule has 2 aromatic heterocycles. The third-order valence-electron chi connectivity index (χ3n) is 4.58. The maximum Gasteiger partial charge on any atom is 0.179 e. The van der Waals surface area contributed by atoms with Crippen LogP contribution >= 0.6 is 0 Å². The maximum absolute atomic E-state index is 6.07. The van der Waals surface area contributed by atoms with Crippen molar-refractivity contribution in [3.63, 3.8) is 0 Å². The molecule has 24 heavy (non-hydrogen) atoms. The van der Waals surface area contributed by atoms with Crippen molar-refractivity contribution in [3.05, 3.63) is 47.2 Å². The van der Waals surface area contributed by atoms with Crippen LogP contribution in [0.25, 0.3) is 11.0 Å². The average molecular weight is 326 g/mol. The third kappa shape index (κ3) is 2.95. The molecule has 0 radical (unpaired) electrons. The Labute approximate surface area is 140 Å². The van der Waals surface area contributed by atoms with Crippen LogP contribution in [0.2, 0.25) is 0 Å². The molecule has 126 valence electrons. The predicted molar refractivity (Wildman–Crippen MR) is 90.6 cm³/mol. The van der Waals surface area contributed by atoms with Crippen LogP contribution < -0.4 is 5.32 Å². The fraction of sp³-hybridized carbons (Fsp3) is 0.444. The SMILES string of the molecule is Cc1nc([C@@H]2CC[C@H](CNCc3c(C)oc4ccccc34)O2)n[nH]1. The van der Waals surface area contributed by atoms with Crippen molar-refractivity contribution in [2.75, 3.05) is 6.54 Å². The van der Waals surface area contributed by atoms with Crippen LogP contribution in [0.1, 0.15) is 41.9 Å². The van der Waals surface area contributed by atoms with E-state index in [1.54, 1.807) is 0 Å². The summed E-state index contributed by atoms with van der Waals surface area (Å²) >= 11 is 0. The number of nitrogens with one attached hydrogen (secondary N) is 2. The molecule has 1 fully saturated rings. The number of furan rings is 1. The number of aromatic amines is 1. The van der Waals surface area contributed by atoms with Gasteiger partial charge in [0, 0.05) is 24.0 Å². The van der Waals surface area contributed by atoms with E-state index in [1.165, 1.54) is 10.9 Å². The number of H-pyrrole nitrogens is 1. The number of para-hydroxylation sites is 1. The molecule has 0 amide bonds. The molecule has 0 aliphatic carbocycles. The zero-order valence-electron chi connectivity index (χ0n) is 14.0. The van der Waals surface area contributed by atoms with Crippen LogP contribution in [0.4, 0.5) is 0 Å². The van der Waals surface area contributed by atoms with Crippen LogP contribution in [-0.4, -0.2) is 27.8 Å². The second-order valence-electron chi connectivity index (χ2n) is 6.37. The Bertz CT molecular complexity index is 839. The van der Waals surface area contributed by atoms with Crippen molar-refractivity contribution in [2.45, 2.75) is 45.4 Å². The Morgan fingerprint density at radius 1 is 1.25 bits per heavy atom. The number of aromatic nitrogens is 3. The molecular formula is C18H22N4O2. The summed E-state index contributed by atoms with van der Waals surface area (Å²) in [4.78, 5) is 4.37. The Balaban J connectivity index is 1.34. The van der Waals surface area contributed by atoms with Crippen LogP contribution in [-0.2, 0) is 11.3 Å². The van der Waals surface area contributed by atoms with Crippen molar-refractivity contribution >= 4 is 11.0 Å². The number of nitrogens with zero attached hydrogens (tertiary/aromatic N) is 2. The van der Waals surface area contributed by atoms with Gasteiger partial charge in [-0.25, -0.2) is 4.98 Å². The highest BCUT2D eigenvalue weighted by Gasteiger charge is 2.29. The van der Waals surface area contributed by atoms with Gasteiger partial charge in [0.05, 0.1) is 6.10 Å². The highest BCUT2D eigenvalue weighted by Crippen LogP contribution is 2.30. The summed E-state index contributed by atoms with van der Waals surface area (Å²) in [5.41, 5.74) is 2.17. The smallest absolute Gasteiger partial charge is 0.179 e. The van der Waals surface area contributed by atoms with Crippen molar-refractivity contribution in [1.29, 1.82) is 0 Å². The first-order chi connectivity index (χ1) is 11.7. The summed E-state index contributed by atoms with van der Waals surface area (Å²) in [5.74, 6) is 2.58. The summed E-state index contributed by atoms with van der Waals surface area (Å²) < 4.78 is 11.9. The first kappa shape index (κ1) is 15.4. The van der Waals surface area contributed by atoms with Crippen molar-refractivity contribution in [3.8, 4) is 0 Å². The molecule has 6 heteroatoms. The number of hydrogen-bond donors (Lipinski definition) is 2. The van der Waals surface area contributed by atoms with Crippen molar-refractivity contribution in [1.82, 2.24) is 20.5 Å². The van der Waals surface area contributed by atoms with Gasteiger partial charge < -0.3 is 14.5 Å². The minimum Gasteiger partial charge on any atom is -0.461 e. The average Bonchev–Trinajstić information content (AvgIpc) is 3.27. The second-order valence-corrected chi connectivity index (χ2v) is 6.37. The number of ether oxygens (including phenoxy) is 1. The lowest BCUT2D eigenvalue weighted by molar-refractivity contribution is 0.0401. The minimum atomic E-state index is 0.0123. The normalized spacial score (nSPS) is 20.9. The molecule has 3 aromatic rings. The fourth-order valence-corrected chi connectivity index (χ4v) is 3.35.